The van der Waals surface area contributed by atoms with E-state index < -0.39 is 0 Å². The minimum Gasteiger partial charge on any atom is -0.330 e. The van der Waals surface area contributed by atoms with Crippen molar-refractivity contribution in [2.75, 3.05) is 13.1 Å². The Bertz CT molecular complexity index is 274. The number of unbranched alkanes of at least 4 members (excludes halogenated alkanes) is 1. The maximum Gasteiger partial charge on any atom is 0.0205 e. The van der Waals surface area contributed by atoms with Gasteiger partial charge in [0.15, 0.2) is 0 Å². The van der Waals surface area contributed by atoms with Crippen molar-refractivity contribution in [1.29, 1.82) is 0 Å². The van der Waals surface area contributed by atoms with Crippen LogP contribution in [0.3, 0.4) is 0 Å². The van der Waals surface area contributed by atoms with Crippen LogP contribution in [0.5, 0.6) is 0 Å². The monoisotopic (exact) mass is 206 g/mol. The highest BCUT2D eigenvalue weighted by Gasteiger charge is 1.95. The Morgan fingerprint density at radius 2 is 1.73 bits per heavy atom. The molecule has 1 aromatic carbocycles. The molecule has 15 heavy (non-hydrogen) atoms. The van der Waals surface area contributed by atoms with Crippen LogP contribution >= 0.6 is 0 Å². The summed E-state index contributed by atoms with van der Waals surface area (Å²) in [7, 11) is 0. The van der Waals surface area contributed by atoms with Gasteiger partial charge >= 0.3 is 0 Å². The smallest absolute Gasteiger partial charge is 0.0205 e. The first kappa shape index (κ1) is 12.2. The van der Waals surface area contributed by atoms with Crippen molar-refractivity contribution in [3.8, 4) is 0 Å². The summed E-state index contributed by atoms with van der Waals surface area (Å²) in [6.45, 7) is 7.11. The maximum absolute atomic E-state index is 5.43. The van der Waals surface area contributed by atoms with E-state index in [9.17, 15) is 0 Å². The van der Waals surface area contributed by atoms with Gasteiger partial charge in [0.2, 0.25) is 0 Å². The molecule has 0 aliphatic carbocycles. The molecule has 84 valence electrons. The third-order valence-electron chi connectivity index (χ3n) is 2.42. The Morgan fingerprint density at radius 1 is 1.07 bits per heavy atom. The zero-order valence-electron chi connectivity index (χ0n) is 9.84. The SMILES string of the molecule is Cc1cc(C)cc(CNCCCCN)c1. The summed E-state index contributed by atoms with van der Waals surface area (Å²) in [5, 5.41) is 3.44. The molecular formula is C13H22N2. The third-order valence-corrected chi connectivity index (χ3v) is 2.42. The van der Waals surface area contributed by atoms with E-state index in [0.717, 1.165) is 26.1 Å². The Morgan fingerprint density at radius 3 is 2.33 bits per heavy atom. The quantitative estimate of drug-likeness (QED) is 0.700. The van der Waals surface area contributed by atoms with Crippen molar-refractivity contribution in [1.82, 2.24) is 5.32 Å². The number of benzene rings is 1. The topological polar surface area (TPSA) is 38.0 Å². The molecule has 0 saturated carbocycles. The fourth-order valence-electron chi connectivity index (χ4n) is 1.80. The molecule has 0 saturated heterocycles. The van der Waals surface area contributed by atoms with Crippen molar-refractivity contribution in [3.05, 3.63) is 34.9 Å². The van der Waals surface area contributed by atoms with Crippen molar-refractivity contribution in [3.63, 3.8) is 0 Å². The number of nitrogens with one attached hydrogen (secondary N) is 1. The van der Waals surface area contributed by atoms with Crippen LogP contribution in [0.2, 0.25) is 0 Å². The highest BCUT2D eigenvalue weighted by atomic mass is 14.8. The van der Waals surface area contributed by atoms with Crippen molar-refractivity contribution in [2.45, 2.75) is 33.2 Å². The maximum atomic E-state index is 5.43. The molecule has 0 fully saturated rings. The number of aryl methyl sites for hydroxylation is 2. The van der Waals surface area contributed by atoms with E-state index in [1.54, 1.807) is 0 Å². The van der Waals surface area contributed by atoms with Gasteiger partial charge in [0.1, 0.15) is 0 Å². The zero-order valence-corrected chi connectivity index (χ0v) is 9.84. The van der Waals surface area contributed by atoms with Gasteiger partial charge in [-0.2, -0.15) is 0 Å². The summed E-state index contributed by atoms with van der Waals surface area (Å²) in [5.74, 6) is 0. The standard InChI is InChI=1S/C13H22N2/c1-11-7-12(2)9-13(8-11)10-15-6-4-3-5-14/h7-9,15H,3-6,10,14H2,1-2H3. The van der Waals surface area contributed by atoms with Gasteiger partial charge in [0.05, 0.1) is 0 Å². The molecular weight excluding hydrogens is 184 g/mol. The lowest BCUT2D eigenvalue weighted by atomic mass is 10.1. The second kappa shape index (κ2) is 6.59. The van der Waals surface area contributed by atoms with E-state index in [1.165, 1.54) is 23.1 Å². The average Bonchev–Trinajstić information content (AvgIpc) is 2.16. The van der Waals surface area contributed by atoms with Crippen LogP contribution in [0, 0.1) is 13.8 Å². The predicted octanol–water partition coefficient (Wildman–Crippen LogP) is 2.13. The summed E-state index contributed by atoms with van der Waals surface area (Å²) in [4.78, 5) is 0. The third kappa shape index (κ3) is 4.96. The minimum atomic E-state index is 0.797. The molecule has 0 heterocycles. The van der Waals surface area contributed by atoms with Gasteiger partial charge < -0.3 is 11.1 Å². The number of hydrogen-bond donors (Lipinski definition) is 2. The molecule has 0 spiro atoms. The van der Waals surface area contributed by atoms with Crippen LogP contribution in [-0.2, 0) is 6.54 Å². The van der Waals surface area contributed by atoms with E-state index >= 15 is 0 Å². The van der Waals surface area contributed by atoms with Crippen LogP contribution in [-0.4, -0.2) is 13.1 Å². The fourth-order valence-corrected chi connectivity index (χ4v) is 1.80. The van der Waals surface area contributed by atoms with Crippen molar-refractivity contribution < 1.29 is 0 Å². The molecule has 2 nitrogen and oxygen atoms in total. The summed E-state index contributed by atoms with van der Waals surface area (Å²) in [6, 6.07) is 6.68. The lowest BCUT2D eigenvalue weighted by Gasteiger charge is -2.06. The van der Waals surface area contributed by atoms with E-state index in [1.807, 2.05) is 0 Å². The van der Waals surface area contributed by atoms with Crippen LogP contribution in [0.1, 0.15) is 29.5 Å². The summed E-state index contributed by atoms with van der Waals surface area (Å²) in [5.41, 5.74) is 9.49. The Kier molecular flexibility index (Phi) is 5.37. The molecule has 1 aromatic rings. The Hall–Kier alpha value is -0.860. The Balaban J connectivity index is 2.31. The van der Waals surface area contributed by atoms with Gasteiger partial charge in [-0.1, -0.05) is 29.3 Å². The molecule has 0 aromatic heterocycles. The first-order chi connectivity index (χ1) is 7.22. The van der Waals surface area contributed by atoms with Crippen LogP contribution in [0.15, 0.2) is 18.2 Å². The van der Waals surface area contributed by atoms with E-state index in [4.69, 9.17) is 5.73 Å². The van der Waals surface area contributed by atoms with E-state index in [2.05, 4.69) is 37.4 Å². The van der Waals surface area contributed by atoms with Gasteiger partial charge in [0.25, 0.3) is 0 Å². The second-order valence-electron chi connectivity index (χ2n) is 4.17. The van der Waals surface area contributed by atoms with Gasteiger partial charge in [-0.15, -0.1) is 0 Å². The van der Waals surface area contributed by atoms with Crippen LogP contribution in [0.4, 0.5) is 0 Å². The molecule has 3 N–H and O–H groups in total. The molecule has 1 rings (SSSR count). The van der Waals surface area contributed by atoms with Gasteiger partial charge in [-0.25, -0.2) is 0 Å². The first-order valence-corrected chi connectivity index (χ1v) is 5.70. The molecule has 0 atom stereocenters. The number of nitrogens with two attached hydrogens (primary N) is 1. The Labute approximate surface area is 92.9 Å². The summed E-state index contributed by atoms with van der Waals surface area (Å²) in [6.07, 6.45) is 2.28. The van der Waals surface area contributed by atoms with Crippen molar-refractivity contribution in [2.24, 2.45) is 5.73 Å². The summed E-state index contributed by atoms with van der Waals surface area (Å²) >= 11 is 0. The first-order valence-electron chi connectivity index (χ1n) is 5.70. The van der Waals surface area contributed by atoms with E-state index in [-0.39, 0.29) is 0 Å². The summed E-state index contributed by atoms with van der Waals surface area (Å²) < 4.78 is 0. The zero-order chi connectivity index (χ0) is 11.1. The predicted molar refractivity (Wildman–Crippen MR) is 65.9 cm³/mol. The number of hydrogen-bond acceptors (Lipinski definition) is 2. The fraction of sp³-hybridized carbons (Fsp3) is 0.538. The van der Waals surface area contributed by atoms with E-state index in [0.29, 0.717) is 0 Å². The molecule has 0 radical (unpaired) electrons. The van der Waals surface area contributed by atoms with Crippen LogP contribution < -0.4 is 11.1 Å². The largest absolute Gasteiger partial charge is 0.330 e. The number of rotatable bonds is 6. The molecule has 0 aliphatic rings. The molecule has 2 heteroatoms. The van der Waals surface area contributed by atoms with Crippen molar-refractivity contribution >= 4 is 0 Å². The average molecular weight is 206 g/mol. The van der Waals surface area contributed by atoms with Gasteiger partial charge in [0, 0.05) is 6.54 Å². The normalized spacial score (nSPS) is 10.6. The van der Waals surface area contributed by atoms with Gasteiger partial charge in [-0.3, -0.25) is 0 Å². The lowest BCUT2D eigenvalue weighted by Crippen LogP contribution is -2.16. The highest BCUT2D eigenvalue weighted by molar-refractivity contribution is 5.28. The lowest BCUT2D eigenvalue weighted by molar-refractivity contribution is 0.627. The second-order valence-corrected chi connectivity index (χ2v) is 4.17. The molecule has 0 amide bonds. The molecule has 0 unspecified atom stereocenters. The molecule has 0 bridgehead atoms. The minimum absolute atomic E-state index is 0.797. The molecule has 0 aliphatic heterocycles. The van der Waals surface area contributed by atoms with Crippen LogP contribution in [0.25, 0.3) is 0 Å². The highest BCUT2D eigenvalue weighted by Crippen LogP contribution is 2.08. The van der Waals surface area contributed by atoms with Gasteiger partial charge in [-0.05, 0) is 45.3 Å².